The van der Waals surface area contributed by atoms with Crippen LogP contribution in [0, 0.1) is 0 Å². The van der Waals surface area contributed by atoms with E-state index in [0.29, 0.717) is 6.54 Å². The number of amides is 3. The number of carbonyl (C=O) groups excluding carboxylic acids is 2. The molecule has 68 valence electrons. The Labute approximate surface area is 83.6 Å². The molecule has 0 aromatic rings. The van der Waals surface area contributed by atoms with Gasteiger partial charge in [0.2, 0.25) is 0 Å². The lowest BCUT2D eigenvalue weighted by Gasteiger charge is -2.21. The zero-order valence-corrected chi connectivity index (χ0v) is 9.02. The Morgan fingerprint density at radius 2 is 2.08 bits per heavy atom. The maximum Gasteiger partial charge on any atom is 0.329 e. The lowest BCUT2D eigenvalue weighted by Crippen LogP contribution is -2.38. The van der Waals surface area contributed by atoms with Crippen LogP contribution in [0.2, 0.25) is 0 Å². The third kappa shape index (κ3) is 1.11. The van der Waals surface area contributed by atoms with Gasteiger partial charge < -0.3 is 0 Å². The molecule has 1 rings (SSSR count). The van der Waals surface area contributed by atoms with Gasteiger partial charge in [-0.15, -0.1) is 0 Å². The van der Waals surface area contributed by atoms with Crippen molar-refractivity contribution in [2.75, 3.05) is 13.6 Å². The fraction of sp³-hybridized carbons (Fsp3) is 0.667. The van der Waals surface area contributed by atoms with Gasteiger partial charge in [-0.05, 0) is 22.9 Å². The molecule has 0 aromatic heterocycles. The number of hydrogen-bond donors (Lipinski definition) is 0. The van der Waals surface area contributed by atoms with E-state index in [2.05, 4.69) is 15.9 Å². The summed E-state index contributed by atoms with van der Waals surface area (Å²) < 4.78 is -1.38. The molecule has 0 bridgehead atoms. The molecule has 4 nitrogen and oxygen atoms in total. The average Bonchev–Trinajstić information content (AvgIpc) is 2.13. The van der Waals surface area contributed by atoms with E-state index in [1.54, 1.807) is 6.92 Å². The average molecular weight is 255 g/mol. The van der Waals surface area contributed by atoms with Crippen molar-refractivity contribution in [3.63, 3.8) is 0 Å². The monoisotopic (exact) mass is 254 g/mol. The van der Waals surface area contributed by atoms with Gasteiger partial charge in [-0.25, -0.2) is 4.79 Å². The number of nitrogens with zero attached hydrogens (tertiary/aromatic N) is 2. The van der Waals surface area contributed by atoms with Crippen LogP contribution >= 0.6 is 27.5 Å². The predicted octanol–water partition coefficient (Wildman–Crippen LogP) is 1.19. The van der Waals surface area contributed by atoms with Crippen LogP contribution in [0.5, 0.6) is 0 Å². The number of carbonyl (C=O) groups is 2. The first-order valence-electron chi connectivity index (χ1n) is 3.40. The summed E-state index contributed by atoms with van der Waals surface area (Å²) in [7, 11) is 1.40. The molecular formula is C6H8BrClN2O2. The van der Waals surface area contributed by atoms with E-state index < -0.39 is 9.81 Å². The highest BCUT2D eigenvalue weighted by Crippen LogP contribution is 2.36. The molecule has 1 atom stereocenters. The molecule has 1 fully saturated rings. The highest BCUT2D eigenvalue weighted by Gasteiger charge is 2.52. The number of likely N-dealkylation sites (N-methyl/N-ethyl adjacent to an activating group) is 2. The number of rotatable bonds is 1. The second-order valence-electron chi connectivity index (χ2n) is 2.43. The van der Waals surface area contributed by atoms with Crippen molar-refractivity contribution >= 4 is 39.5 Å². The maximum absolute atomic E-state index is 11.3. The quantitative estimate of drug-likeness (QED) is 0.401. The standard InChI is InChI=1S/C6H8BrClN2O2/c1-3-10-5(12)9(2)4(11)6(10,7)8/h3H2,1-2H3. The summed E-state index contributed by atoms with van der Waals surface area (Å²) in [6.07, 6.45) is 0. The van der Waals surface area contributed by atoms with Crippen LogP contribution in [0.1, 0.15) is 6.92 Å². The molecule has 3 amide bonds. The first-order valence-corrected chi connectivity index (χ1v) is 4.57. The lowest BCUT2D eigenvalue weighted by molar-refractivity contribution is -0.126. The van der Waals surface area contributed by atoms with Crippen molar-refractivity contribution in [1.29, 1.82) is 0 Å². The first kappa shape index (κ1) is 9.80. The minimum Gasteiger partial charge on any atom is -0.288 e. The minimum absolute atomic E-state index is 0.380. The number of hydrogen-bond acceptors (Lipinski definition) is 2. The summed E-state index contributed by atoms with van der Waals surface area (Å²) in [6, 6.07) is -0.380. The van der Waals surface area contributed by atoms with Crippen molar-refractivity contribution < 1.29 is 9.59 Å². The topological polar surface area (TPSA) is 40.6 Å². The highest BCUT2D eigenvalue weighted by atomic mass is 79.9. The Balaban J connectivity index is 3.04. The van der Waals surface area contributed by atoms with Crippen molar-refractivity contribution in [1.82, 2.24) is 9.80 Å². The Hall–Kier alpha value is -0.290. The largest absolute Gasteiger partial charge is 0.329 e. The minimum atomic E-state index is -1.38. The molecular weight excluding hydrogens is 247 g/mol. The second-order valence-corrected chi connectivity index (χ2v) is 4.58. The van der Waals surface area contributed by atoms with Crippen LogP contribution in [0.25, 0.3) is 0 Å². The second kappa shape index (κ2) is 2.88. The van der Waals surface area contributed by atoms with Crippen molar-refractivity contribution in [2.24, 2.45) is 0 Å². The molecule has 12 heavy (non-hydrogen) atoms. The Bertz CT molecular complexity index is 244. The summed E-state index contributed by atoms with van der Waals surface area (Å²) in [5.41, 5.74) is 0. The molecule has 0 N–H and O–H groups in total. The summed E-state index contributed by atoms with van der Waals surface area (Å²) in [6.45, 7) is 2.15. The van der Waals surface area contributed by atoms with Crippen LogP contribution in [0.3, 0.4) is 0 Å². The van der Waals surface area contributed by atoms with Gasteiger partial charge in [-0.1, -0.05) is 11.6 Å². The van der Waals surface area contributed by atoms with E-state index in [-0.39, 0.29) is 6.03 Å². The normalized spacial score (nSPS) is 30.3. The molecule has 0 aliphatic carbocycles. The molecule has 0 saturated carbocycles. The summed E-state index contributed by atoms with van der Waals surface area (Å²) in [5.74, 6) is -0.448. The van der Waals surface area contributed by atoms with Gasteiger partial charge in [0.1, 0.15) is 0 Å². The fourth-order valence-electron chi connectivity index (χ4n) is 1.04. The van der Waals surface area contributed by atoms with Gasteiger partial charge in [0.25, 0.3) is 9.81 Å². The van der Waals surface area contributed by atoms with E-state index >= 15 is 0 Å². The van der Waals surface area contributed by atoms with Crippen LogP contribution in [0.15, 0.2) is 0 Å². The predicted molar refractivity (Wildman–Crippen MR) is 48.1 cm³/mol. The lowest BCUT2D eigenvalue weighted by atomic mass is 10.5. The molecule has 1 unspecified atom stereocenters. The zero-order chi connectivity index (χ0) is 9.52. The van der Waals surface area contributed by atoms with Crippen LogP contribution in [0.4, 0.5) is 4.79 Å². The summed E-state index contributed by atoms with van der Waals surface area (Å²) in [4.78, 5) is 24.8. The first-order chi connectivity index (χ1) is 5.42. The van der Waals surface area contributed by atoms with Crippen molar-refractivity contribution in [2.45, 2.75) is 10.8 Å². The number of imide groups is 1. The van der Waals surface area contributed by atoms with Crippen LogP contribution in [-0.2, 0) is 4.79 Å². The molecule has 1 heterocycles. The third-order valence-electron chi connectivity index (χ3n) is 1.74. The number of halogens is 2. The van der Waals surface area contributed by atoms with Crippen molar-refractivity contribution in [3.05, 3.63) is 0 Å². The molecule has 0 spiro atoms. The van der Waals surface area contributed by atoms with Gasteiger partial charge >= 0.3 is 6.03 Å². The summed E-state index contributed by atoms with van der Waals surface area (Å²) in [5, 5.41) is 0. The molecule has 0 radical (unpaired) electrons. The Kier molecular flexibility index (Phi) is 2.35. The van der Waals surface area contributed by atoms with Gasteiger partial charge in [0.15, 0.2) is 0 Å². The van der Waals surface area contributed by atoms with Gasteiger partial charge in [0.05, 0.1) is 0 Å². The number of alkyl halides is 2. The van der Waals surface area contributed by atoms with Gasteiger partial charge in [-0.3, -0.25) is 14.6 Å². The highest BCUT2D eigenvalue weighted by molar-refractivity contribution is 9.10. The Morgan fingerprint density at radius 1 is 1.58 bits per heavy atom. The summed E-state index contributed by atoms with van der Waals surface area (Å²) >= 11 is 8.80. The van der Waals surface area contributed by atoms with Crippen LogP contribution < -0.4 is 0 Å². The third-order valence-corrected chi connectivity index (χ3v) is 2.87. The molecule has 0 aromatic carbocycles. The smallest absolute Gasteiger partial charge is 0.288 e. The van der Waals surface area contributed by atoms with E-state index in [1.165, 1.54) is 11.9 Å². The van der Waals surface area contributed by atoms with Gasteiger partial charge in [0, 0.05) is 13.6 Å². The maximum atomic E-state index is 11.3. The van der Waals surface area contributed by atoms with Gasteiger partial charge in [-0.2, -0.15) is 0 Å². The molecule has 1 saturated heterocycles. The van der Waals surface area contributed by atoms with Crippen molar-refractivity contribution in [3.8, 4) is 0 Å². The zero-order valence-electron chi connectivity index (χ0n) is 6.67. The number of urea groups is 1. The SMILES string of the molecule is CCN1C(=O)N(C)C(=O)C1(Cl)Br. The van der Waals surface area contributed by atoms with E-state index in [4.69, 9.17) is 11.6 Å². The van der Waals surface area contributed by atoms with E-state index in [1.807, 2.05) is 0 Å². The fourth-order valence-corrected chi connectivity index (χ4v) is 2.03. The van der Waals surface area contributed by atoms with E-state index in [9.17, 15) is 9.59 Å². The molecule has 1 aliphatic rings. The van der Waals surface area contributed by atoms with E-state index in [0.717, 1.165) is 4.90 Å². The van der Waals surface area contributed by atoms with Crippen LogP contribution in [-0.4, -0.2) is 39.2 Å². The molecule has 6 heteroatoms. The molecule has 1 aliphatic heterocycles. The Morgan fingerprint density at radius 3 is 2.25 bits per heavy atom.